The fourth-order valence-electron chi connectivity index (χ4n) is 5.95. The van der Waals surface area contributed by atoms with Crippen molar-refractivity contribution in [3.05, 3.63) is 0 Å². The highest BCUT2D eigenvalue weighted by Crippen LogP contribution is 2.16. The minimum absolute atomic E-state index is 0.0577. The Balaban J connectivity index is 4.39. The highest BCUT2D eigenvalue weighted by atomic mass is 16.6. The smallest absolute Gasteiger partial charge is 0.306 e. The van der Waals surface area contributed by atoms with Gasteiger partial charge < -0.3 is 24.8 Å². The Morgan fingerprint density at radius 1 is 0.521 bits per heavy atom. The van der Waals surface area contributed by atoms with Crippen LogP contribution in [0.3, 0.4) is 0 Å². The molecule has 284 valence electrons. The zero-order valence-electron chi connectivity index (χ0n) is 32.0. The molecule has 0 aromatic rings. The summed E-state index contributed by atoms with van der Waals surface area (Å²) in [4.78, 5) is 39.7. The Morgan fingerprint density at radius 2 is 0.854 bits per heavy atom. The zero-order chi connectivity index (χ0) is 35.5. The first kappa shape index (κ1) is 46.3. The number of rotatable bonds is 37. The van der Waals surface area contributed by atoms with E-state index in [2.05, 4.69) is 13.8 Å². The molecular weight excluding hydrogens is 604 g/mol. The van der Waals surface area contributed by atoms with E-state index < -0.39 is 30.1 Å². The summed E-state index contributed by atoms with van der Waals surface area (Å²) in [7, 11) is 3.86. The molecular formula is C40H78N2O6. The topological polar surface area (TPSA) is 108 Å². The summed E-state index contributed by atoms with van der Waals surface area (Å²) in [6.07, 6.45) is 29.8. The standard InChI is InChI=1S/C40H78N2O6/c1-5-7-9-11-13-15-17-19-21-23-25-27-29-31-37(43)47-36(35-46-34-33-42(3)4)39(40(41)45)48-38(44)32-30-28-26-24-22-20-18-16-14-12-10-8-6-2/h36,39H,5-35H2,1-4H3,(H2,41,45). The van der Waals surface area contributed by atoms with E-state index >= 15 is 0 Å². The summed E-state index contributed by atoms with van der Waals surface area (Å²) in [6, 6.07) is 0. The molecule has 0 spiro atoms. The van der Waals surface area contributed by atoms with E-state index in [1.165, 1.54) is 128 Å². The number of ether oxygens (including phenoxy) is 3. The van der Waals surface area contributed by atoms with Crippen molar-refractivity contribution in [2.24, 2.45) is 5.73 Å². The van der Waals surface area contributed by atoms with Crippen molar-refractivity contribution in [1.82, 2.24) is 4.90 Å². The van der Waals surface area contributed by atoms with Crippen LogP contribution in [0.5, 0.6) is 0 Å². The normalized spacial score (nSPS) is 12.7. The van der Waals surface area contributed by atoms with Gasteiger partial charge in [0.05, 0.1) is 13.2 Å². The molecule has 0 aliphatic heterocycles. The summed E-state index contributed by atoms with van der Waals surface area (Å²) in [6.45, 7) is 5.50. The van der Waals surface area contributed by atoms with Gasteiger partial charge >= 0.3 is 11.9 Å². The van der Waals surface area contributed by atoms with Crippen molar-refractivity contribution in [3.63, 3.8) is 0 Å². The number of nitrogens with two attached hydrogens (primary N) is 1. The van der Waals surface area contributed by atoms with Crippen molar-refractivity contribution >= 4 is 17.8 Å². The number of hydrogen-bond donors (Lipinski definition) is 1. The number of amides is 1. The molecule has 0 radical (unpaired) electrons. The second kappa shape index (κ2) is 35.2. The summed E-state index contributed by atoms with van der Waals surface area (Å²) in [5.74, 6) is -1.74. The van der Waals surface area contributed by atoms with Gasteiger partial charge in [-0.1, -0.05) is 168 Å². The van der Waals surface area contributed by atoms with Gasteiger partial charge in [0.2, 0.25) is 6.10 Å². The van der Waals surface area contributed by atoms with Crippen LogP contribution in [0, 0.1) is 0 Å². The van der Waals surface area contributed by atoms with Gasteiger partial charge in [-0.05, 0) is 26.9 Å². The number of primary amides is 1. The average molecular weight is 683 g/mol. The molecule has 0 rings (SSSR count). The quantitative estimate of drug-likeness (QED) is 0.0513. The van der Waals surface area contributed by atoms with Crippen LogP contribution in [0.4, 0.5) is 0 Å². The molecule has 0 aliphatic carbocycles. The number of nitrogens with zero attached hydrogens (tertiary/aromatic N) is 1. The molecule has 8 nitrogen and oxygen atoms in total. The first-order valence-corrected chi connectivity index (χ1v) is 20.2. The first-order chi connectivity index (χ1) is 23.3. The van der Waals surface area contributed by atoms with Gasteiger partial charge in [0.25, 0.3) is 5.91 Å². The van der Waals surface area contributed by atoms with Crippen molar-refractivity contribution in [1.29, 1.82) is 0 Å². The van der Waals surface area contributed by atoms with Gasteiger partial charge in [-0.25, -0.2) is 0 Å². The summed E-state index contributed by atoms with van der Waals surface area (Å²) in [5, 5.41) is 0. The van der Waals surface area contributed by atoms with Crippen LogP contribution in [0.1, 0.15) is 194 Å². The molecule has 0 fully saturated rings. The minimum atomic E-state index is -1.37. The van der Waals surface area contributed by atoms with Gasteiger partial charge in [-0.15, -0.1) is 0 Å². The van der Waals surface area contributed by atoms with E-state index in [1.54, 1.807) is 0 Å². The molecule has 2 unspecified atom stereocenters. The maximum atomic E-state index is 12.7. The van der Waals surface area contributed by atoms with Gasteiger partial charge in [0, 0.05) is 19.4 Å². The molecule has 0 saturated carbocycles. The molecule has 1 amide bonds. The number of likely N-dealkylation sites (N-methyl/N-ethyl adjacent to an activating group) is 1. The van der Waals surface area contributed by atoms with Gasteiger partial charge in [-0.2, -0.15) is 0 Å². The van der Waals surface area contributed by atoms with E-state index in [9.17, 15) is 14.4 Å². The van der Waals surface area contributed by atoms with Gasteiger partial charge in [0.15, 0.2) is 6.10 Å². The third kappa shape index (κ3) is 31.6. The van der Waals surface area contributed by atoms with Gasteiger partial charge in [-0.3, -0.25) is 14.4 Å². The number of carbonyl (C=O) groups is 3. The number of hydrogen-bond acceptors (Lipinski definition) is 7. The molecule has 2 atom stereocenters. The first-order valence-electron chi connectivity index (χ1n) is 20.2. The molecule has 48 heavy (non-hydrogen) atoms. The predicted octanol–water partition coefficient (Wildman–Crippen LogP) is 9.84. The lowest BCUT2D eigenvalue weighted by Crippen LogP contribution is -2.47. The molecule has 8 heteroatoms. The zero-order valence-corrected chi connectivity index (χ0v) is 32.0. The van der Waals surface area contributed by atoms with E-state index in [1.807, 2.05) is 19.0 Å². The lowest BCUT2D eigenvalue weighted by molar-refractivity contribution is -0.176. The van der Waals surface area contributed by atoms with Crippen LogP contribution in [0.2, 0.25) is 0 Å². The summed E-state index contributed by atoms with van der Waals surface area (Å²) < 4.78 is 16.9. The van der Waals surface area contributed by atoms with Crippen molar-refractivity contribution in [3.8, 4) is 0 Å². The van der Waals surface area contributed by atoms with E-state index in [0.29, 0.717) is 19.6 Å². The Hall–Kier alpha value is -1.67. The fraction of sp³-hybridized carbons (Fsp3) is 0.925. The molecule has 2 N–H and O–H groups in total. The highest BCUT2D eigenvalue weighted by molar-refractivity contribution is 5.83. The monoisotopic (exact) mass is 683 g/mol. The van der Waals surface area contributed by atoms with Gasteiger partial charge in [0.1, 0.15) is 0 Å². The van der Waals surface area contributed by atoms with Crippen LogP contribution in [0.25, 0.3) is 0 Å². The van der Waals surface area contributed by atoms with Crippen LogP contribution >= 0.6 is 0 Å². The molecule has 0 bridgehead atoms. The number of esters is 2. The third-order valence-electron chi connectivity index (χ3n) is 9.09. The van der Waals surface area contributed by atoms with Crippen molar-refractivity contribution in [2.45, 2.75) is 206 Å². The third-order valence-corrected chi connectivity index (χ3v) is 9.09. The lowest BCUT2D eigenvalue weighted by atomic mass is 10.0. The molecule has 0 heterocycles. The molecule has 0 aliphatic rings. The Morgan fingerprint density at radius 3 is 1.19 bits per heavy atom. The van der Waals surface area contributed by atoms with Crippen LogP contribution in [-0.2, 0) is 28.6 Å². The largest absolute Gasteiger partial charge is 0.455 e. The molecule has 0 saturated heterocycles. The minimum Gasteiger partial charge on any atom is -0.455 e. The van der Waals surface area contributed by atoms with Crippen LogP contribution in [-0.4, -0.2) is 68.8 Å². The van der Waals surface area contributed by atoms with Crippen LogP contribution < -0.4 is 5.73 Å². The van der Waals surface area contributed by atoms with E-state index in [-0.39, 0.29) is 19.4 Å². The second-order valence-electron chi connectivity index (χ2n) is 14.2. The maximum absolute atomic E-state index is 12.7. The lowest BCUT2D eigenvalue weighted by Gasteiger charge is -2.25. The predicted molar refractivity (Wildman–Crippen MR) is 199 cm³/mol. The Bertz CT molecular complexity index is 747. The highest BCUT2D eigenvalue weighted by Gasteiger charge is 2.33. The maximum Gasteiger partial charge on any atom is 0.306 e. The Labute approximate surface area is 296 Å². The molecule has 0 aromatic heterocycles. The van der Waals surface area contributed by atoms with E-state index in [0.717, 1.165) is 32.1 Å². The van der Waals surface area contributed by atoms with E-state index in [4.69, 9.17) is 19.9 Å². The number of unbranched alkanes of at least 4 members (excludes halogenated alkanes) is 24. The second-order valence-corrected chi connectivity index (χ2v) is 14.2. The van der Waals surface area contributed by atoms with Crippen molar-refractivity contribution < 1.29 is 28.6 Å². The SMILES string of the molecule is CCCCCCCCCCCCCCCC(=O)OC(COCCN(C)C)C(OC(=O)CCCCCCCCCCCCCCC)C(N)=O. The summed E-state index contributed by atoms with van der Waals surface area (Å²) >= 11 is 0. The molecule has 0 aromatic carbocycles. The number of carbonyl (C=O) groups excluding carboxylic acids is 3. The Kier molecular flexibility index (Phi) is 33.9. The fourth-order valence-corrected chi connectivity index (χ4v) is 5.95. The summed E-state index contributed by atoms with van der Waals surface area (Å²) in [5.41, 5.74) is 5.64. The average Bonchev–Trinajstić information content (AvgIpc) is 3.05. The van der Waals surface area contributed by atoms with Crippen molar-refractivity contribution in [2.75, 3.05) is 33.9 Å². The van der Waals surface area contributed by atoms with Crippen LogP contribution in [0.15, 0.2) is 0 Å².